The number of hydrogen-bond acceptors (Lipinski definition) is 4. The Bertz CT molecular complexity index is 935. The summed E-state index contributed by atoms with van der Waals surface area (Å²) in [6, 6.07) is 10.4. The molecule has 7 heteroatoms. The quantitative estimate of drug-likeness (QED) is 0.646. The Morgan fingerprint density at radius 3 is 2.78 bits per heavy atom. The first-order valence-electron chi connectivity index (χ1n) is 9.37. The molecule has 1 amide bonds. The van der Waals surface area contributed by atoms with Gasteiger partial charge in [0, 0.05) is 63.1 Å². The van der Waals surface area contributed by atoms with Crippen molar-refractivity contribution in [1.29, 1.82) is 0 Å². The number of amides is 1. The predicted molar refractivity (Wildman–Crippen MR) is 106 cm³/mol. The minimum absolute atomic E-state index is 0.0283. The van der Waals surface area contributed by atoms with Crippen molar-refractivity contribution >= 4 is 22.6 Å². The number of nitrogens with zero attached hydrogens (tertiary/aromatic N) is 3. The SMILES string of the molecule is CNC(=O)C1(Nc2ccn(C)n2)CCN(Cc2cccc3[nH]ccc23)CC1. The number of anilines is 1. The summed E-state index contributed by atoms with van der Waals surface area (Å²) >= 11 is 0. The number of carbonyl (C=O) groups excluding carboxylic acids is 1. The van der Waals surface area contributed by atoms with Gasteiger partial charge in [-0.05, 0) is 30.5 Å². The van der Waals surface area contributed by atoms with E-state index in [4.69, 9.17) is 0 Å². The standard InChI is InChI=1S/C20H26N6O/c1-21-19(27)20(23-18-7-11-25(2)24-18)8-12-26(13-9-20)14-15-4-3-5-17-16(15)6-10-22-17/h3-7,10-11,22H,8-9,12-14H2,1-2H3,(H,21,27)(H,23,24). The van der Waals surface area contributed by atoms with E-state index in [1.807, 2.05) is 25.5 Å². The van der Waals surface area contributed by atoms with Crippen molar-refractivity contribution in [2.45, 2.75) is 24.9 Å². The highest BCUT2D eigenvalue weighted by Crippen LogP contribution is 2.29. The maximum atomic E-state index is 12.7. The van der Waals surface area contributed by atoms with E-state index < -0.39 is 5.54 Å². The first-order chi connectivity index (χ1) is 13.1. The molecule has 0 saturated carbocycles. The van der Waals surface area contributed by atoms with Gasteiger partial charge < -0.3 is 15.6 Å². The smallest absolute Gasteiger partial charge is 0.245 e. The number of aromatic nitrogens is 3. The molecule has 142 valence electrons. The molecule has 0 bridgehead atoms. The van der Waals surface area contributed by atoms with E-state index in [0.29, 0.717) is 0 Å². The lowest BCUT2D eigenvalue weighted by molar-refractivity contribution is -0.126. The van der Waals surface area contributed by atoms with Crippen LogP contribution >= 0.6 is 0 Å². The number of likely N-dealkylation sites (tertiary alicyclic amines) is 1. The van der Waals surface area contributed by atoms with Gasteiger partial charge in [-0.3, -0.25) is 14.4 Å². The molecule has 4 rings (SSSR count). The van der Waals surface area contributed by atoms with Crippen LogP contribution in [0.5, 0.6) is 0 Å². The molecule has 2 aromatic heterocycles. The Balaban J connectivity index is 1.48. The van der Waals surface area contributed by atoms with Gasteiger partial charge in [0.15, 0.2) is 0 Å². The van der Waals surface area contributed by atoms with Crippen LogP contribution in [0.25, 0.3) is 10.9 Å². The summed E-state index contributed by atoms with van der Waals surface area (Å²) < 4.78 is 1.74. The lowest BCUT2D eigenvalue weighted by Gasteiger charge is -2.41. The Hall–Kier alpha value is -2.80. The van der Waals surface area contributed by atoms with Gasteiger partial charge in [-0.1, -0.05) is 12.1 Å². The number of nitrogens with one attached hydrogen (secondary N) is 3. The van der Waals surface area contributed by atoms with E-state index in [1.165, 1.54) is 16.5 Å². The van der Waals surface area contributed by atoms with E-state index in [9.17, 15) is 4.79 Å². The number of likely N-dealkylation sites (N-methyl/N-ethyl adjacent to an activating group) is 1. The van der Waals surface area contributed by atoms with Gasteiger partial charge in [-0.15, -0.1) is 0 Å². The molecule has 3 N–H and O–H groups in total. The molecule has 0 aliphatic carbocycles. The number of piperidine rings is 1. The molecule has 0 spiro atoms. The molecule has 0 atom stereocenters. The van der Waals surface area contributed by atoms with Crippen LogP contribution in [0.4, 0.5) is 5.82 Å². The van der Waals surface area contributed by atoms with Crippen LogP contribution in [-0.4, -0.2) is 51.2 Å². The first-order valence-corrected chi connectivity index (χ1v) is 9.37. The molecule has 1 aliphatic heterocycles. The summed E-state index contributed by atoms with van der Waals surface area (Å²) in [6.07, 6.45) is 5.35. The molecule has 27 heavy (non-hydrogen) atoms. The summed E-state index contributed by atoms with van der Waals surface area (Å²) in [6.45, 7) is 2.60. The minimum atomic E-state index is -0.611. The molecular weight excluding hydrogens is 340 g/mol. The third kappa shape index (κ3) is 3.42. The van der Waals surface area contributed by atoms with Crippen molar-refractivity contribution in [1.82, 2.24) is 25.0 Å². The lowest BCUT2D eigenvalue weighted by atomic mass is 9.86. The zero-order valence-electron chi connectivity index (χ0n) is 15.8. The topological polar surface area (TPSA) is 78.0 Å². The average Bonchev–Trinajstić information content (AvgIpc) is 3.32. The fourth-order valence-electron chi connectivity index (χ4n) is 4.00. The zero-order valence-corrected chi connectivity index (χ0v) is 15.8. The van der Waals surface area contributed by atoms with Crippen molar-refractivity contribution < 1.29 is 4.79 Å². The fourth-order valence-corrected chi connectivity index (χ4v) is 4.00. The highest BCUT2D eigenvalue weighted by Gasteiger charge is 2.41. The van der Waals surface area contributed by atoms with Crippen molar-refractivity contribution in [3.8, 4) is 0 Å². The van der Waals surface area contributed by atoms with Crippen LogP contribution in [0.3, 0.4) is 0 Å². The van der Waals surface area contributed by atoms with E-state index in [-0.39, 0.29) is 5.91 Å². The Morgan fingerprint density at radius 1 is 1.26 bits per heavy atom. The molecule has 3 aromatic rings. The predicted octanol–water partition coefficient (Wildman–Crippen LogP) is 2.09. The maximum Gasteiger partial charge on any atom is 0.245 e. The monoisotopic (exact) mass is 366 g/mol. The highest BCUT2D eigenvalue weighted by molar-refractivity contribution is 5.89. The summed E-state index contributed by atoms with van der Waals surface area (Å²) in [5.74, 6) is 0.771. The average molecular weight is 366 g/mol. The van der Waals surface area contributed by atoms with Crippen molar-refractivity contribution in [3.63, 3.8) is 0 Å². The number of hydrogen-bond donors (Lipinski definition) is 3. The van der Waals surface area contributed by atoms with Gasteiger partial charge >= 0.3 is 0 Å². The van der Waals surface area contributed by atoms with Crippen LogP contribution < -0.4 is 10.6 Å². The third-order valence-electron chi connectivity index (χ3n) is 5.53. The van der Waals surface area contributed by atoms with Gasteiger partial charge in [-0.25, -0.2) is 0 Å². The highest BCUT2D eigenvalue weighted by atomic mass is 16.2. The number of aromatic amines is 1. The summed E-state index contributed by atoms with van der Waals surface area (Å²) in [5.41, 5.74) is 1.87. The van der Waals surface area contributed by atoms with Crippen LogP contribution in [0.1, 0.15) is 18.4 Å². The Kier molecular flexibility index (Phi) is 4.61. The number of fused-ring (bicyclic) bond motifs is 1. The summed E-state index contributed by atoms with van der Waals surface area (Å²) in [5, 5.41) is 11.9. The van der Waals surface area contributed by atoms with Gasteiger partial charge in [0.1, 0.15) is 11.4 Å². The second-order valence-corrected chi connectivity index (χ2v) is 7.29. The van der Waals surface area contributed by atoms with Gasteiger partial charge in [0.05, 0.1) is 0 Å². The van der Waals surface area contributed by atoms with E-state index in [2.05, 4.69) is 49.9 Å². The Labute approximate surface area is 158 Å². The Morgan fingerprint density at radius 2 is 2.07 bits per heavy atom. The van der Waals surface area contributed by atoms with Crippen LogP contribution in [-0.2, 0) is 18.4 Å². The van der Waals surface area contributed by atoms with Crippen molar-refractivity contribution in [2.24, 2.45) is 7.05 Å². The zero-order chi connectivity index (χ0) is 18.9. The number of rotatable bonds is 5. The number of benzene rings is 1. The molecule has 1 aliphatic rings. The molecule has 3 heterocycles. The second-order valence-electron chi connectivity index (χ2n) is 7.29. The number of aryl methyl sites for hydroxylation is 1. The largest absolute Gasteiger partial charge is 0.361 e. The maximum absolute atomic E-state index is 12.7. The number of carbonyl (C=O) groups is 1. The van der Waals surface area contributed by atoms with Crippen LogP contribution in [0.15, 0.2) is 42.7 Å². The summed E-state index contributed by atoms with van der Waals surface area (Å²) in [7, 11) is 3.57. The molecule has 1 aromatic carbocycles. The molecule has 1 fully saturated rings. The van der Waals surface area contributed by atoms with Crippen LogP contribution in [0, 0.1) is 0 Å². The lowest BCUT2D eigenvalue weighted by Crippen LogP contribution is -2.57. The molecule has 0 unspecified atom stereocenters. The summed E-state index contributed by atoms with van der Waals surface area (Å²) in [4.78, 5) is 18.4. The molecule has 7 nitrogen and oxygen atoms in total. The van der Waals surface area contributed by atoms with Crippen LogP contribution in [0.2, 0.25) is 0 Å². The van der Waals surface area contributed by atoms with Gasteiger partial charge in [0.25, 0.3) is 0 Å². The van der Waals surface area contributed by atoms with E-state index in [1.54, 1.807) is 11.7 Å². The number of H-pyrrole nitrogens is 1. The third-order valence-corrected chi connectivity index (χ3v) is 5.53. The van der Waals surface area contributed by atoms with Gasteiger partial charge in [0.2, 0.25) is 5.91 Å². The minimum Gasteiger partial charge on any atom is -0.361 e. The van der Waals surface area contributed by atoms with E-state index in [0.717, 1.165) is 38.3 Å². The second kappa shape index (κ2) is 7.08. The fraction of sp³-hybridized carbons (Fsp3) is 0.400. The van der Waals surface area contributed by atoms with Crippen molar-refractivity contribution in [2.75, 3.05) is 25.5 Å². The van der Waals surface area contributed by atoms with Gasteiger partial charge in [-0.2, -0.15) is 5.10 Å². The molecular formula is C20H26N6O. The first kappa shape index (κ1) is 17.6. The van der Waals surface area contributed by atoms with E-state index >= 15 is 0 Å². The normalized spacial score (nSPS) is 17.1. The molecule has 1 saturated heterocycles. The van der Waals surface area contributed by atoms with Crippen molar-refractivity contribution in [3.05, 3.63) is 48.3 Å². The molecule has 0 radical (unpaired) electrons.